The number of ketones is 1. The topological polar surface area (TPSA) is 29.1 Å². The fourth-order valence-corrected chi connectivity index (χ4v) is 2.88. The van der Waals surface area contributed by atoms with Gasteiger partial charge in [0, 0.05) is 27.8 Å². The van der Waals surface area contributed by atoms with Crippen LogP contribution >= 0.6 is 11.3 Å². The van der Waals surface area contributed by atoms with Crippen molar-refractivity contribution in [2.75, 3.05) is 6.54 Å². The molecule has 0 spiro atoms. The predicted molar refractivity (Wildman–Crippen MR) is 63.6 cm³/mol. The highest BCUT2D eigenvalue weighted by molar-refractivity contribution is 7.10. The summed E-state index contributed by atoms with van der Waals surface area (Å²) in [5, 5.41) is 5.36. The van der Waals surface area contributed by atoms with E-state index in [1.165, 1.54) is 4.88 Å². The van der Waals surface area contributed by atoms with Crippen molar-refractivity contribution in [2.24, 2.45) is 5.92 Å². The Morgan fingerprint density at radius 1 is 1.60 bits per heavy atom. The molecular weight excluding hydrogens is 206 g/mol. The van der Waals surface area contributed by atoms with Crippen LogP contribution in [0.4, 0.5) is 0 Å². The van der Waals surface area contributed by atoms with Gasteiger partial charge in [0.2, 0.25) is 0 Å². The Morgan fingerprint density at radius 2 is 2.40 bits per heavy atom. The molecule has 1 aromatic heterocycles. The van der Waals surface area contributed by atoms with Crippen LogP contribution in [0.2, 0.25) is 0 Å². The van der Waals surface area contributed by atoms with Crippen LogP contribution < -0.4 is 5.32 Å². The second kappa shape index (κ2) is 4.45. The number of carbonyl (C=O) groups excluding carboxylic acids is 1. The van der Waals surface area contributed by atoms with Gasteiger partial charge < -0.3 is 5.32 Å². The SMILES string of the molecule is Cc1cc(C(=O)C2CCCNC2C)cs1. The molecule has 1 aromatic rings. The lowest BCUT2D eigenvalue weighted by Crippen LogP contribution is -2.42. The number of Topliss-reactive ketones (excluding diaryl/α,β-unsaturated/α-hetero) is 1. The van der Waals surface area contributed by atoms with Gasteiger partial charge in [-0.1, -0.05) is 0 Å². The minimum Gasteiger partial charge on any atom is -0.314 e. The van der Waals surface area contributed by atoms with Gasteiger partial charge in [-0.05, 0) is 39.3 Å². The Bertz CT molecular complexity index is 358. The molecule has 1 saturated heterocycles. The molecule has 1 aliphatic heterocycles. The first-order valence-electron chi connectivity index (χ1n) is 5.51. The fourth-order valence-electron chi connectivity index (χ4n) is 2.19. The van der Waals surface area contributed by atoms with E-state index in [1.54, 1.807) is 11.3 Å². The van der Waals surface area contributed by atoms with Crippen molar-refractivity contribution < 1.29 is 4.79 Å². The summed E-state index contributed by atoms with van der Waals surface area (Å²) >= 11 is 1.66. The van der Waals surface area contributed by atoms with Crippen LogP contribution in [0.25, 0.3) is 0 Å². The fraction of sp³-hybridized carbons (Fsp3) is 0.583. The third-order valence-electron chi connectivity index (χ3n) is 3.11. The predicted octanol–water partition coefficient (Wildman–Crippen LogP) is 2.63. The molecule has 0 aliphatic carbocycles. The van der Waals surface area contributed by atoms with Gasteiger partial charge in [0.25, 0.3) is 0 Å². The van der Waals surface area contributed by atoms with E-state index in [-0.39, 0.29) is 5.92 Å². The number of hydrogen-bond acceptors (Lipinski definition) is 3. The third-order valence-corrected chi connectivity index (χ3v) is 3.98. The molecule has 2 nitrogen and oxygen atoms in total. The van der Waals surface area contributed by atoms with Crippen molar-refractivity contribution in [3.8, 4) is 0 Å². The lowest BCUT2D eigenvalue weighted by atomic mass is 9.86. The quantitative estimate of drug-likeness (QED) is 0.781. The first-order chi connectivity index (χ1) is 7.18. The molecule has 0 bridgehead atoms. The number of rotatable bonds is 2. The van der Waals surface area contributed by atoms with Crippen LogP contribution in [-0.4, -0.2) is 18.4 Å². The van der Waals surface area contributed by atoms with Gasteiger partial charge in [-0.3, -0.25) is 4.79 Å². The van der Waals surface area contributed by atoms with Gasteiger partial charge in [-0.2, -0.15) is 0 Å². The summed E-state index contributed by atoms with van der Waals surface area (Å²) in [5.74, 6) is 0.492. The van der Waals surface area contributed by atoms with Gasteiger partial charge in [-0.25, -0.2) is 0 Å². The Morgan fingerprint density at radius 3 is 3.00 bits per heavy atom. The van der Waals surface area contributed by atoms with E-state index in [4.69, 9.17) is 0 Å². The van der Waals surface area contributed by atoms with E-state index in [9.17, 15) is 4.79 Å². The van der Waals surface area contributed by atoms with Crippen molar-refractivity contribution >= 4 is 17.1 Å². The summed E-state index contributed by atoms with van der Waals surface area (Å²) in [4.78, 5) is 13.4. The van der Waals surface area contributed by atoms with Crippen LogP contribution in [0.5, 0.6) is 0 Å². The second-order valence-electron chi connectivity index (χ2n) is 4.30. The van der Waals surface area contributed by atoms with Crippen LogP contribution in [0.3, 0.4) is 0 Å². The van der Waals surface area contributed by atoms with Crippen LogP contribution in [0.1, 0.15) is 35.0 Å². The minimum absolute atomic E-state index is 0.174. The van der Waals surface area contributed by atoms with Crippen LogP contribution in [-0.2, 0) is 0 Å². The van der Waals surface area contributed by atoms with E-state index in [2.05, 4.69) is 12.2 Å². The van der Waals surface area contributed by atoms with Crippen molar-refractivity contribution in [1.82, 2.24) is 5.32 Å². The maximum Gasteiger partial charge on any atom is 0.168 e. The zero-order valence-electron chi connectivity index (χ0n) is 9.25. The first-order valence-corrected chi connectivity index (χ1v) is 6.39. The summed E-state index contributed by atoms with van der Waals surface area (Å²) in [6, 6.07) is 2.33. The number of hydrogen-bond donors (Lipinski definition) is 1. The summed E-state index contributed by atoms with van der Waals surface area (Å²) in [5.41, 5.74) is 0.901. The van der Waals surface area contributed by atoms with E-state index in [0.717, 1.165) is 24.9 Å². The maximum absolute atomic E-state index is 12.2. The maximum atomic E-state index is 12.2. The normalized spacial score (nSPS) is 26.5. The monoisotopic (exact) mass is 223 g/mol. The molecular formula is C12H17NOS. The molecule has 0 amide bonds. The van der Waals surface area contributed by atoms with Crippen molar-refractivity contribution in [3.05, 3.63) is 21.9 Å². The molecule has 1 aliphatic rings. The number of aryl methyl sites for hydroxylation is 1. The molecule has 82 valence electrons. The summed E-state index contributed by atoms with van der Waals surface area (Å²) in [7, 11) is 0. The molecule has 2 unspecified atom stereocenters. The molecule has 0 radical (unpaired) electrons. The average Bonchev–Trinajstić information content (AvgIpc) is 2.65. The number of thiophene rings is 1. The van der Waals surface area contributed by atoms with Gasteiger partial charge in [0.1, 0.15) is 0 Å². The number of piperidine rings is 1. The molecule has 0 aromatic carbocycles. The highest BCUT2D eigenvalue weighted by atomic mass is 32.1. The van der Waals surface area contributed by atoms with E-state index in [1.807, 2.05) is 18.4 Å². The first kappa shape index (κ1) is 10.8. The van der Waals surface area contributed by atoms with Crippen molar-refractivity contribution in [2.45, 2.75) is 32.7 Å². The van der Waals surface area contributed by atoms with Gasteiger partial charge >= 0.3 is 0 Å². The Labute approximate surface area is 94.7 Å². The summed E-state index contributed by atoms with van der Waals surface area (Å²) < 4.78 is 0. The summed E-state index contributed by atoms with van der Waals surface area (Å²) in [6.45, 7) is 5.21. The van der Waals surface area contributed by atoms with E-state index in [0.29, 0.717) is 11.8 Å². The zero-order chi connectivity index (χ0) is 10.8. The molecule has 1 N–H and O–H groups in total. The van der Waals surface area contributed by atoms with Gasteiger partial charge in [0.15, 0.2) is 5.78 Å². The van der Waals surface area contributed by atoms with E-state index < -0.39 is 0 Å². The summed E-state index contributed by atoms with van der Waals surface area (Å²) in [6.07, 6.45) is 2.14. The Hall–Kier alpha value is -0.670. The highest BCUT2D eigenvalue weighted by Gasteiger charge is 2.28. The smallest absolute Gasteiger partial charge is 0.168 e. The zero-order valence-corrected chi connectivity index (χ0v) is 10.1. The molecule has 2 rings (SSSR count). The lowest BCUT2D eigenvalue weighted by Gasteiger charge is -2.28. The van der Waals surface area contributed by atoms with Gasteiger partial charge in [-0.15, -0.1) is 11.3 Å². The van der Waals surface area contributed by atoms with E-state index >= 15 is 0 Å². The number of carbonyl (C=O) groups is 1. The van der Waals surface area contributed by atoms with Crippen LogP contribution in [0, 0.1) is 12.8 Å². The third kappa shape index (κ3) is 2.29. The molecule has 2 heterocycles. The Kier molecular flexibility index (Phi) is 3.22. The molecule has 15 heavy (non-hydrogen) atoms. The Balaban J connectivity index is 2.13. The van der Waals surface area contributed by atoms with Crippen LogP contribution in [0.15, 0.2) is 11.4 Å². The molecule has 1 fully saturated rings. The average molecular weight is 223 g/mol. The van der Waals surface area contributed by atoms with Crippen molar-refractivity contribution in [3.63, 3.8) is 0 Å². The molecule has 2 atom stereocenters. The van der Waals surface area contributed by atoms with Gasteiger partial charge in [0.05, 0.1) is 0 Å². The highest BCUT2D eigenvalue weighted by Crippen LogP contribution is 2.23. The second-order valence-corrected chi connectivity index (χ2v) is 5.42. The van der Waals surface area contributed by atoms with Crippen molar-refractivity contribution in [1.29, 1.82) is 0 Å². The molecule has 3 heteroatoms. The largest absolute Gasteiger partial charge is 0.314 e. The molecule has 0 saturated carbocycles. The minimum atomic E-state index is 0.174. The lowest BCUT2D eigenvalue weighted by molar-refractivity contribution is 0.0867. The standard InChI is InChI=1S/C12H17NOS/c1-8-6-10(7-15-8)12(14)11-4-3-5-13-9(11)2/h6-7,9,11,13H,3-5H2,1-2H3. The number of nitrogens with one attached hydrogen (secondary N) is 1.